The number of amides is 1. The second-order valence-electron chi connectivity index (χ2n) is 7.27. The molecule has 1 aliphatic rings. The molecule has 1 fully saturated rings. The van der Waals surface area contributed by atoms with Crippen LogP contribution in [-0.4, -0.2) is 18.2 Å². The minimum absolute atomic E-state index is 0.184. The number of aryl methyl sites for hydroxylation is 1. The Morgan fingerprint density at radius 2 is 1.79 bits per heavy atom. The summed E-state index contributed by atoms with van der Waals surface area (Å²) in [5, 5.41) is 3.37. The van der Waals surface area contributed by atoms with Gasteiger partial charge in [-0.2, -0.15) is 0 Å². The molecule has 0 unspecified atom stereocenters. The van der Waals surface area contributed by atoms with Gasteiger partial charge >= 0.3 is 0 Å². The van der Waals surface area contributed by atoms with Gasteiger partial charge in [-0.3, -0.25) is 4.79 Å². The summed E-state index contributed by atoms with van der Waals surface area (Å²) >= 11 is 8.32. The predicted octanol–water partition coefficient (Wildman–Crippen LogP) is 7.00. The molecule has 1 heterocycles. The van der Waals surface area contributed by atoms with E-state index in [1.807, 2.05) is 73.7 Å². The summed E-state index contributed by atoms with van der Waals surface area (Å²) < 4.78 is 13.3. The Bertz CT molecular complexity index is 1240. The summed E-state index contributed by atoms with van der Waals surface area (Å²) in [6, 6.07) is 19.5. The highest BCUT2D eigenvalue weighted by atomic mass is 79.9. The predicted molar refractivity (Wildman–Crippen MR) is 141 cm³/mol. The zero-order valence-electron chi connectivity index (χ0n) is 17.9. The average molecular weight is 588 g/mol. The molecule has 33 heavy (non-hydrogen) atoms. The van der Waals surface area contributed by atoms with Crippen LogP contribution in [0.1, 0.15) is 16.7 Å². The topological polar surface area (TPSA) is 59.9 Å². The van der Waals surface area contributed by atoms with Crippen LogP contribution in [0.3, 0.4) is 0 Å². The Morgan fingerprint density at radius 3 is 2.48 bits per heavy atom. The highest BCUT2D eigenvalue weighted by molar-refractivity contribution is 9.10. The maximum absolute atomic E-state index is 12.5. The lowest BCUT2D eigenvalue weighted by Gasteiger charge is -2.14. The van der Waals surface area contributed by atoms with Crippen molar-refractivity contribution >= 4 is 66.5 Å². The molecule has 168 valence electrons. The van der Waals surface area contributed by atoms with Crippen molar-refractivity contribution in [2.24, 2.45) is 4.99 Å². The number of nitrogens with zero attached hydrogens (tertiary/aromatic N) is 1. The van der Waals surface area contributed by atoms with Gasteiger partial charge in [0.25, 0.3) is 5.91 Å². The molecule has 0 bridgehead atoms. The van der Waals surface area contributed by atoms with Crippen molar-refractivity contribution in [1.82, 2.24) is 5.32 Å². The zero-order valence-corrected chi connectivity index (χ0v) is 21.9. The van der Waals surface area contributed by atoms with Gasteiger partial charge in [0.1, 0.15) is 6.61 Å². The highest BCUT2D eigenvalue weighted by Gasteiger charge is 2.24. The summed E-state index contributed by atoms with van der Waals surface area (Å²) in [7, 11) is 1.59. The van der Waals surface area contributed by atoms with Gasteiger partial charge in [-0.25, -0.2) is 4.99 Å². The first-order valence-electron chi connectivity index (χ1n) is 10.0. The van der Waals surface area contributed by atoms with Crippen molar-refractivity contribution in [3.05, 3.63) is 91.2 Å². The largest absolute Gasteiger partial charge is 0.493 e. The first kappa shape index (κ1) is 23.6. The van der Waals surface area contributed by atoms with Crippen molar-refractivity contribution in [2.75, 3.05) is 7.11 Å². The van der Waals surface area contributed by atoms with Gasteiger partial charge in [0.05, 0.1) is 22.2 Å². The molecule has 8 heteroatoms. The molecule has 0 atom stereocenters. The van der Waals surface area contributed by atoms with Gasteiger partial charge in [-0.15, -0.1) is 0 Å². The molecule has 3 aromatic carbocycles. The summed E-state index contributed by atoms with van der Waals surface area (Å²) in [5.74, 6) is 0.995. The van der Waals surface area contributed by atoms with E-state index in [1.54, 1.807) is 7.11 Å². The summed E-state index contributed by atoms with van der Waals surface area (Å²) in [6.45, 7) is 2.42. The number of carbonyl (C=O) groups is 1. The van der Waals surface area contributed by atoms with Gasteiger partial charge in [0.2, 0.25) is 0 Å². The van der Waals surface area contributed by atoms with E-state index in [9.17, 15) is 4.79 Å². The fourth-order valence-electron chi connectivity index (χ4n) is 3.07. The molecule has 0 radical (unpaired) electrons. The Hall–Kier alpha value is -2.55. The molecule has 5 nitrogen and oxygen atoms in total. The third-order valence-corrected chi connectivity index (χ3v) is 6.79. The Morgan fingerprint density at radius 1 is 1.06 bits per heavy atom. The Balaban J connectivity index is 1.52. The molecule has 1 saturated heterocycles. The van der Waals surface area contributed by atoms with Gasteiger partial charge in [0.15, 0.2) is 16.7 Å². The summed E-state index contributed by atoms with van der Waals surface area (Å²) in [6.07, 6.45) is 1.81. The lowest BCUT2D eigenvalue weighted by atomic mass is 10.2. The van der Waals surface area contributed by atoms with E-state index in [-0.39, 0.29) is 5.91 Å². The third kappa shape index (κ3) is 6.07. The van der Waals surface area contributed by atoms with Crippen LogP contribution in [0.4, 0.5) is 5.69 Å². The van der Waals surface area contributed by atoms with Crippen molar-refractivity contribution in [3.8, 4) is 11.5 Å². The van der Waals surface area contributed by atoms with E-state index in [0.717, 1.165) is 31.3 Å². The number of rotatable bonds is 6. The number of halogens is 2. The minimum Gasteiger partial charge on any atom is -0.493 e. The van der Waals surface area contributed by atoms with Gasteiger partial charge < -0.3 is 14.8 Å². The first-order chi connectivity index (χ1) is 15.9. The second kappa shape index (κ2) is 10.6. The van der Waals surface area contributed by atoms with Crippen LogP contribution < -0.4 is 14.8 Å². The first-order valence-corrected chi connectivity index (χ1v) is 12.4. The fourth-order valence-corrected chi connectivity index (χ4v) is 4.75. The fraction of sp³-hybridized carbons (Fsp3) is 0.120. The summed E-state index contributed by atoms with van der Waals surface area (Å²) in [5.41, 5.74) is 3.80. The maximum Gasteiger partial charge on any atom is 0.264 e. The maximum atomic E-state index is 12.5. The van der Waals surface area contributed by atoms with E-state index in [2.05, 4.69) is 42.2 Å². The van der Waals surface area contributed by atoms with Crippen LogP contribution in [0, 0.1) is 6.92 Å². The molecule has 1 N–H and O–H groups in total. The molecular formula is C25H20Br2N2O3S. The third-order valence-electron chi connectivity index (χ3n) is 4.76. The van der Waals surface area contributed by atoms with E-state index >= 15 is 0 Å². The van der Waals surface area contributed by atoms with Crippen molar-refractivity contribution in [1.29, 1.82) is 0 Å². The molecule has 1 amide bonds. The van der Waals surface area contributed by atoms with Crippen molar-refractivity contribution < 1.29 is 14.3 Å². The molecule has 3 aromatic rings. The smallest absolute Gasteiger partial charge is 0.264 e. The average Bonchev–Trinajstić information content (AvgIpc) is 3.13. The monoisotopic (exact) mass is 586 g/mol. The number of nitrogens with one attached hydrogen (secondary N) is 1. The SMILES string of the molecule is COc1cc(/C=C2/SC(=Nc3ccc(C)cc3)NC2=O)cc(Br)c1OCc1ccc(Br)cc1. The van der Waals surface area contributed by atoms with E-state index < -0.39 is 0 Å². The molecule has 0 saturated carbocycles. The van der Waals surface area contributed by atoms with Crippen LogP contribution in [0.2, 0.25) is 0 Å². The number of methoxy groups -OCH3 is 1. The molecule has 1 aliphatic heterocycles. The van der Waals surface area contributed by atoms with E-state index in [1.165, 1.54) is 11.8 Å². The summed E-state index contributed by atoms with van der Waals surface area (Å²) in [4.78, 5) is 17.5. The Kier molecular flexibility index (Phi) is 7.57. The molecule has 4 rings (SSSR count). The number of benzene rings is 3. The molecule has 0 spiro atoms. The number of thioether (sulfide) groups is 1. The lowest BCUT2D eigenvalue weighted by molar-refractivity contribution is -0.115. The number of carbonyl (C=O) groups excluding carboxylic acids is 1. The quantitative estimate of drug-likeness (QED) is 0.315. The van der Waals surface area contributed by atoms with Crippen molar-refractivity contribution in [2.45, 2.75) is 13.5 Å². The van der Waals surface area contributed by atoms with E-state index in [4.69, 9.17) is 9.47 Å². The number of aliphatic imine (C=N–C) groups is 1. The molecule has 0 aliphatic carbocycles. The van der Waals surface area contributed by atoms with Crippen LogP contribution >= 0.6 is 43.6 Å². The Labute approximate surface area is 213 Å². The second-order valence-corrected chi connectivity index (χ2v) is 10.1. The van der Waals surface area contributed by atoms with E-state index in [0.29, 0.717) is 28.2 Å². The van der Waals surface area contributed by atoms with Gasteiger partial charge in [-0.05, 0) is 88.2 Å². The lowest BCUT2D eigenvalue weighted by Crippen LogP contribution is -2.19. The van der Waals surface area contributed by atoms with Crippen LogP contribution in [0.25, 0.3) is 6.08 Å². The van der Waals surface area contributed by atoms with Gasteiger partial charge in [0, 0.05) is 4.47 Å². The van der Waals surface area contributed by atoms with Gasteiger partial charge in [-0.1, -0.05) is 45.8 Å². The normalized spacial score (nSPS) is 15.7. The zero-order chi connectivity index (χ0) is 23.4. The number of hydrogen-bond acceptors (Lipinski definition) is 5. The van der Waals surface area contributed by atoms with Crippen LogP contribution in [0.15, 0.2) is 79.5 Å². The number of hydrogen-bond donors (Lipinski definition) is 1. The molecule has 0 aromatic heterocycles. The number of ether oxygens (including phenoxy) is 2. The highest BCUT2D eigenvalue weighted by Crippen LogP contribution is 2.39. The minimum atomic E-state index is -0.184. The number of amidine groups is 1. The molecular weight excluding hydrogens is 568 g/mol. The standard InChI is InChI=1S/C25H20Br2N2O3S/c1-15-3-9-19(10-4-15)28-25-29-24(30)22(33-25)13-17-11-20(27)23(21(12-17)31-2)32-14-16-5-7-18(26)8-6-16/h3-13H,14H2,1-2H3,(H,28,29,30)/b22-13+. The van der Waals surface area contributed by atoms with Crippen molar-refractivity contribution in [3.63, 3.8) is 0 Å². The van der Waals surface area contributed by atoms with Crippen LogP contribution in [0.5, 0.6) is 11.5 Å². The van der Waals surface area contributed by atoms with Crippen LogP contribution in [-0.2, 0) is 11.4 Å².